The first-order chi connectivity index (χ1) is 17.0. The van der Waals surface area contributed by atoms with Gasteiger partial charge in [0.1, 0.15) is 18.1 Å². The zero-order valence-electron chi connectivity index (χ0n) is 19.8. The molecule has 0 aliphatic heterocycles. The van der Waals surface area contributed by atoms with Gasteiger partial charge in [-0.3, -0.25) is 4.79 Å². The number of nitrogens with zero attached hydrogens (tertiary/aromatic N) is 1. The summed E-state index contributed by atoms with van der Waals surface area (Å²) in [5.74, 6) is 2.11. The van der Waals surface area contributed by atoms with Crippen LogP contribution in [0.2, 0.25) is 5.02 Å². The van der Waals surface area contributed by atoms with Crippen molar-refractivity contribution in [1.82, 2.24) is 9.97 Å². The molecule has 1 aliphatic rings. The van der Waals surface area contributed by atoms with Crippen LogP contribution in [0.1, 0.15) is 58.2 Å². The molecule has 1 heterocycles. The van der Waals surface area contributed by atoms with Crippen LogP contribution in [-0.4, -0.2) is 15.8 Å². The van der Waals surface area contributed by atoms with Crippen LogP contribution >= 0.6 is 11.6 Å². The molecule has 4 aromatic rings. The number of carbonyl (C=O) groups is 1. The second kappa shape index (κ2) is 9.59. The molecule has 6 heteroatoms. The molecular weight excluding hydrogens is 460 g/mol. The third-order valence-electron chi connectivity index (χ3n) is 6.57. The van der Waals surface area contributed by atoms with Crippen molar-refractivity contribution in [2.75, 3.05) is 0 Å². The quantitative estimate of drug-likeness (QED) is 0.311. The Kier molecular flexibility index (Phi) is 6.35. The third-order valence-corrected chi connectivity index (χ3v) is 6.88. The first-order valence-electron chi connectivity index (χ1n) is 11.8. The van der Waals surface area contributed by atoms with Gasteiger partial charge in [-0.15, -0.1) is 0 Å². The normalized spacial score (nSPS) is 14.8. The molecule has 0 fully saturated rings. The Hall–Kier alpha value is -3.57. The number of carbonyl (C=O) groups excluding carboxylic acids is 1. The average molecular weight is 487 g/mol. The minimum Gasteiger partial charge on any atom is -0.487 e. The zero-order chi connectivity index (χ0) is 24.4. The summed E-state index contributed by atoms with van der Waals surface area (Å²) in [4.78, 5) is 20.4. The van der Waals surface area contributed by atoms with Gasteiger partial charge in [0.25, 0.3) is 0 Å². The number of halogens is 1. The summed E-state index contributed by atoms with van der Waals surface area (Å²) in [6.07, 6.45) is 5.67. The number of benzene rings is 3. The molecule has 3 aromatic carbocycles. The van der Waals surface area contributed by atoms with Crippen molar-refractivity contribution in [2.24, 2.45) is 0 Å². The van der Waals surface area contributed by atoms with Gasteiger partial charge in [-0.1, -0.05) is 48.0 Å². The number of aryl methyl sites for hydroxylation is 1. The van der Waals surface area contributed by atoms with Crippen LogP contribution in [0, 0.1) is 6.92 Å². The van der Waals surface area contributed by atoms with E-state index in [4.69, 9.17) is 21.1 Å². The van der Waals surface area contributed by atoms with Gasteiger partial charge in [0.15, 0.2) is 17.2 Å². The monoisotopic (exact) mass is 486 g/mol. The zero-order valence-corrected chi connectivity index (χ0v) is 20.6. The van der Waals surface area contributed by atoms with Crippen LogP contribution in [-0.2, 0) is 18.6 Å². The predicted molar refractivity (Wildman–Crippen MR) is 136 cm³/mol. The standard InChI is InChI=1S/C29H27ClN2O3/c1-19-11-13-24(30)27(17-19)34-18-23-21-9-6-10-25(33)22(21)12-14-26(23)35-29(2,28-31-15-16-32-28)20-7-4-3-5-8-20/h3-5,7-8,11-17H,6,9-10,18H2,1-2H3,(H,31,32)/t29-/m0/s1. The fourth-order valence-electron chi connectivity index (χ4n) is 4.65. The van der Waals surface area contributed by atoms with E-state index in [1.54, 1.807) is 12.4 Å². The number of Topliss-reactive ketones (excluding diaryl/α,β-unsaturated/α-hetero) is 1. The van der Waals surface area contributed by atoms with E-state index < -0.39 is 5.60 Å². The number of hydrogen-bond donors (Lipinski definition) is 1. The van der Waals surface area contributed by atoms with Crippen molar-refractivity contribution in [2.45, 2.75) is 45.3 Å². The Morgan fingerprint density at radius 2 is 1.89 bits per heavy atom. The Labute approximate surface area is 210 Å². The van der Waals surface area contributed by atoms with Gasteiger partial charge in [-0.2, -0.15) is 0 Å². The van der Waals surface area contributed by atoms with Gasteiger partial charge in [0.05, 0.1) is 5.02 Å². The Morgan fingerprint density at radius 1 is 1.06 bits per heavy atom. The van der Waals surface area contributed by atoms with Crippen molar-refractivity contribution in [3.05, 3.63) is 112 Å². The summed E-state index contributed by atoms with van der Waals surface area (Å²) < 4.78 is 13.0. The van der Waals surface area contributed by atoms with E-state index >= 15 is 0 Å². The Balaban J connectivity index is 1.59. The number of rotatable bonds is 7. The van der Waals surface area contributed by atoms with Gasteiger partial charge in [-0.05, 0) is 62.1 Å². The maximum atomic E-state index is 12.7. The molecule has 178 valence electrons. The number of hydrogen-bond acceptors (Lipinski definition) is 4. The summed E-state index contributed by atoms with van der Waals surface area (Å²) in [5.41, 5.74) is 3.72. The number of aromatic amines is 1. The average Bonchev–Trinajstić information content (AvgIpc) is 3.42. The van der Waals surface area contributed by atoms with Gasteiger partial charge < -0.3 is 14.5 Å². The molecule has 0 saturated heterocycles. The molecule has 0 amide bonds. The second-order valence-electron chi connectivity index (χ2n) is 9.01. The van der Waals surface area contributed by atoms with Crippen LogP contribution < -0.4 is 9.47 Å². The predicted octanol–water partition coefficient (Wildman–Crippen LogP) is 6.81. The topological polar surface area (TPSA) is 64.2 Å². The maximum absolute atomic E-state index is 12.7. The Morgan fingerprint density at radius 3 is 2.66 bits per heavy atom. The fraction of sp³-hybridized carbons (Fsp3) is 0.241. The molecule has 35 heavy (non-hydrogen) atoms. The molecule has 0 unspecified atom stereocenters. The van der Waals surface area contributed by atoms with Crippen molar-refractivity contribution < 1.29 is 14.3 Å². The summed E-state index contributed by atoms with van der Waals surface area (Å²) in [6.45, 7) is 4.22. The van der Waals surface area contributed by atoms with Crippen LogP contribution in [0.5, 0.6) is 11.5 Å². The molecule has 1 aliphatic carbocycles. The molecule has 0 spiro atoms. The Bertz CT molecular complexity index is 1350. The number of H-pyrrole nitrogens is 1. The molecule has 1 aromatic heterocycles. The van der Waals surface area contributed by atoms with E-state index in [0.717, 1.165) is 40.7 Å². The van der Waals surface area contributed by atoms with Gasteiger partial charge in [0.2, 0.25) is 0 Å². The second-order valence-corrected chi connectivity index (χ2v) is 9.41. The maximum Gasteiger partial charge on any atom is 0.188 e. The molecule has 0 saturated carbocycles. The number of imidazole rings is 1. The fourth-order valence-corrected chi connectivity index (χ4v) is 4.82. The summed E-state index contributed by atoms with van der Waals surface area (Å²) >= 11 is 6.40. The number of ether oxygens (including phenoxy) is 2. The number of aromatic nitrogens is 2. The highest BCUT2D eigenvalue weighted by atomic mass is 35.5. The van der Waals surface area contributed by atoms with Crippen LogP contribution in [0.4, 0.5) is 0 Å². The largest absolute Gasteiger partial charge is 0.487 e. The molecule has 1 atom stereocenters. The SMILES string of the molecule is Cc1ccc(Cl)c(OCc2c(O[C@@](C)(c3ccccc3)c3ncc[nH]3)ccc3c2CCCC3=O)c1. The van der Waals surface area contributed by atoms with Crippen LogP contribution in [0.3, 0.4) is 0 Å². The molecule has 5 nitrogen and oxygen atoms in total. The molecule has 0 radical (unpaired) electrons. The van der Waals surface area contributed by atoms with E-state index in [9.17, 15) is 4.79 Å². The van der Waals surface area contributed by atoms with Crippen molar-refractivity contribution >= 4 is 17.4 Å². The summed E-state index contributed by atoms with van der Waals surface area (Å²) in [5, 5.41) is 0.545. The van der Waals surface area contributed by atoms with E-state index in [1.807, 2.05) is 74.5 Å². The molecule has 0 bridgehead atoms. The van der Waals surface area contributed by atoms with Crippen molar-refractivity contribution in [3.8, 4) is 11.5 Å². The van der Waals surface area contributed by atoms with Crippen LogP contribution in [0.25, 0.3) is 0 Å². The van der Waals surface area contributed by atoms with Crippen molar-refractivity contribution in [3.63, 3.8) is 0 Å². The van der Waals surface area contributed by atoms with Crippen LogP contribution in [0.15, 0.2) is 73.1 Å². The molecule has 1 N–H and O–H groups in total. The number of fused-ring (bicyclic) bond motifs is 1. The first kappa shape index (κ1) is 23.2. The van der Waals surface area contributed by atoms with E-state index in [1.165, 1.54) is 0 Å². The smallest absolute Gasteiger partial charge is 0.188 e. The first-order valence-corrected chi connectivity index (χ1v) is 12.1. The highest BCUT2D eigenvalue weighted by Crippen LogP contribution is 2.39. The lowest BCUT2D eigenvalue weighted by molar-refractivity contribution is 0.0970. The number of nitrogens with one attached hydrogen (secondary N) is 1. The lowest BCUT2D eigenvalue weighted by atomic mass is 9.86. The van der Waals surface area contributed by atoms with E-state index in [2.05, 4.69) is 9.97 Å². The minimum atomic E-state index is -0.882. The molecule has 5 rings (SSSR count). The number of ketones is 1. The highest BCUT2D eigenvalue weighted by molar-refractivity contribution is 6.32. The van der Waals surface area contributed by atoms with E-state index in [0.29, 0.717) is 28.8 Å². The third kappa shape index (κ3) is 4.56. The molecular formula is C29H27ClN2O3. The summed E-state index contributed by atoms with van der Waals surface area (Å²) in [6, 6.07) is 19.4. The lowest BCUT2D eigenvalue weighted by Gasteiger charge is -2.32. The minimum absolute atomic E-state index is 0.157. The summed E-state index contributed by atoms with van der Waals surface area (Å²) in [7, 11) is 0. The van der Waals surface area contributed by atoms with Gasteiger partial charge in [-0.25, -0.2) is 4.98 Å². The lowest BCUT2D eigenvalue weighted by Crippen LogP contribution is -2.33. The van der Waals surface area contributed by atoms with E-state index in [-0.39, 0.29) is 12.4 Å². The highest BCUT2D eigenvalue weighted by Gasteiger charge is 2.35. The van der Waals surface area contributed by atoms with Gasteiger partial charge in [0, 0.05) is 35.5 Å². The van der Waals surface area contributed by atoms with Gasteiger partial charge >= 0.3 is 0 Å². The van der Waals surface area contributed by atoms with Crippen molar-refractivity contribution in [1.29, 1.82) is 0 Å².